The average Bonchev–Trinajstić information content (AvgIpc) is 2.29. The Hall–Kier alpha value is -0.490. The third-order valence-corrected chi connectivity index (χ3v) is 3.51. The molecule has 3 N–H and O–H groups in total. The maximum atomic E-state index is 5.98. The number of benzene rings is 1. The number of anilines is 2. The molecule has 0 saturated heterocycles. The van der Waals surface area contributed by atoms with E-state index in [-0.39, 0.29) is 0 Å². The highest BCUT2D eigenvalue weighted by atomic mass is 127. The summed E-state index contributed by atoms with van der Waals surface area (Å²) in [7, 11) is 0. The van der Waals surface area contributed by atoms with Gasteiger partial charge in [-0.05, 0) is 60.8 Å². The normalized spacial score (nSPS) is 12.8. The fourth-order valence-corrected chi connectivity index (χ4v) is 2.36. The standard InChI is InChI=1S/C13H22IN3/c1-4-17(5-2)9-10(3)16-13-7-6-11(14)8-12(13)15/h6-8,10,16H,4-5,9,15H2,1-3H3. The lowest BCUT2D eigenvalue weighted by atomic mass is 10.2. The molecule has 0 heterocycles. The fraction of sp³-hybridized carbons (Fsp3) is 0.538. The van der Waals surface area contributed by atoms with E-state index in [2.05, 4.69) is 65.7 Å². The van der Waals surface area contributed by atoms with Crippen LogP contribution in [0, 0.1) is 3.57 Å². The Labute approximate surface area is 118 Å². The lowest BCUT2D eigenvalue weighted by Crippen LogP contribution is -2.34. The van der Waals surface area contributed by atoms with Crippen LogP contribution in [0.5, 0.6) is 0 Å². The number of hydrogen-bond donors (Lipinski definition) is 2. The van der Waals surface area contributed by atoms with Crippen molar-refractivity contribution in [2.45, 2.75) is 26.8 Å². The van der Waals surface area contributed by atoms with Gasteiger partial charge in [0.2, 0.25) is 0 Å². The molecule has 1 aromatic carbocycles. The van der Waals surface area contributed by atoms with Crippen LogP contribution < -0.4 is 11.1 Å². The molecule has 1 atom stereocenters. The minimum absolute atomic E-state index is 0.400. The van der Waals surface area contributed by atoms with Crippen LogP contribution in [0.15, 0.2) is 18.2 Å². The zero-order valence-corrected chi connectivity index (χ0v) is 13.0. The van der Waals surface area contributed by atoms with Crippen molar-refractivity contribution < 1.29 is 0 Å². The van der Waals surface area contributed by atoms with Crippen LogP contribution in [0.1, 0.15) is 20.8 Å². The first-order valence-corrected chi connectivity index (χ1v) is 7.18. The highest BCUT2D eigenvalue weighted by molar-refractivity contribution is 14.1. The van der Waals surface area contributed by atoms with Gasteiger partial charge in [0.25, 0.3) is 0 Å². The van der Waals surface area contributed by atoms with Gasteiger partial charge >= 0.3 is 0 Å². The van der Waals surface area contributed by atoms with E-state index in [4.69, 9.17) is 5.73 Å². The van der Waals surface area contributed by atoms with Crippen LogP contribution in [0.3, 0.4) is 0 Å². The van der Waals surface area contributed by atoms with E-state index in [0.717, 1.165) is 31.0 Å². The van der Waals surface area contributed by atoms with Crippen LogP contribution in [-0.4, -0.2) is 30.6 Å². The summed E-state index contributed by atoms with van der Waals surface area (Å²) in [5.41, 5.74) is 7.84. The average molecular weight is 347 g/mol. The Morgan fingerprint density at radius 3 is 2.53 bits per heavy atom. The maximum Gasteiger partial charge on any atom is 0.0577 e. The van der Waals surface area contributed by atoms with E-state index in [1.165, 1.54) is 3.57 Å². The van der Waals surface area contributed by atoms with Gasteiger partial charge in [-0.25, -0.2) is 0 Å². The number of rotatable bonds is 6. The Kier molecular flexibility index (Phi) is 6.05. The van der Waals surface area contributed by atoms with Crippen molar-refractivity contribution in [3.8, 4) is 0 Å². The van der Waals surface area contributed by atoms with Crippen LogP contribution in [0.4, 0.5) is 11.4 Å². The summed E-state index contributed by atoms with van der Waals surface area (Å²) in [6, 6.07) is 6.52. The molecule has 0 aromatic heterocycles. The molecule has 4 heteroatoms. The van der Waals surface area contributed by atoms with Gasteiger partial charge in [-0.2, -0.15) is 0 Å². The molecular weight excluding hydrogens is 325 g/mol. The van der Waals surface area contributed by atoms with Crippen molar-refractivity contribution >= 4 is 34.0 Å². The molecule has 0 bridgehead atoms. The molecule has 3 nitrogen and oxygen atoms in total. The van der Waals surface area contributed by atoms with Gasteiger partial charge in [-0.1, -0.05) is 13.8 Å². The summed E-state index contributed by atoms with van der Waals surface area (Å²) in [4.78, 5) is 2.40. The summed E-state index contributed by atoms with van der Waals surface area (Å²) in [6.07, 6.45) is 0. The van der Waals surface area contributed by atoms with Crippen molar-refractivity contribution in [3.63, 3.8) is 0 Å². The maximum absolute atomic E-state index is 5.98. The number of likely N-dealkylation sites (N-methyl/N-ethyl adjacent to an activating group) is 1. The number of hydrogen-bond acceptors (Lipinski definition) is 3. The van der Waals surface area contributed by atoms with Crippen molar-refractivity contribution in [1.29, 1.82) is 0 Å². The summed E-state index contributed by atoms with van der Waals surface area (Å²) in [5, 5.41) is 3.47. The first-order valence-electron chi connectivity index (χ1n) is 6.10. The minimum Gasteiger partial charge on any atom is -0.397 e. The second-order valence-corrected chi connectivity index (χ2v) is 5.51. The van der Waals surface area contributed by atoms with Crippen molar-refractivity contribution in [1.82, 2.24) is 4.90 Å². The molecule has 17 heavy (non-hydrogen) atoms. The van der Waals surface area contributed by atoms with Gasteiger partial charge in [-0.15, -0.1) is 0 Å². The Morgan fingerprint density at radius 1 is 1.35 bits per heavy atom. The summed E-state index contributed by atoms with van der Waals surface area (Å²) >= 11 is 2.27. The molecule has 1 unspecified atom stereocenters. The number of nitrogens with zero attached hydrogens (tertiary/aromatic N) is 1. The minimum atomic E-state index is 0.400. The second kappa shape index (κ2) is 7.06. The topological polar surface area (TPSA) is 41.3 Å². The monoisotopic (exact) mass is 347 g/mol. The van der Waals surface area contributed by atoms with E-state index in [0.29, 0.717) is 6.04 Å². The molecular formula is C13H22IN3. The predicted octanol–water partition coefficient (Wildman–Crippen LogP) is 3.02. The quantitative estimate of drug-likeness (QED) is 0.614. The fourth-order valence-electron chi connectivity index (χ4n) is 1.85. The summed E-state index contributed by atoms with van der Waals surface area (Å²) in [6.45, 7) is 9.79. The van der Waals surface area contributed by atoms with Crippen LogP contribution in [0.25, 0.3) is 0 Å². The molecule has 0 amide bonds. The highest BCUT2D eigenvalue weighted by Crippen LogP contribution is 2.21. The number of halogens is 1. The van der Waals surface area contributed by atoms with Crippen LogP contribution in [-0.2, 0) is 0 Å². The zero-order valence-electron chi connectivity index (χ0n) is 10.8. The van der Waals surface area contributed by atoms with Gasteiger partial charge in [0.15, 0.2) is 0 Å². The molecule has 0 aliphatic rings. The lowest BCUT2D eigenvalue weighted by Gasteiger charge is -2.24. The van der Waals surface area contributed by atoms with Crippen LogP contribution >= 0.6 is 22.6 Å². The summed E-state index contributed by atoms with van der Waals surface area (Å²) in [5.74, 6) is 0. The van der Waals surface area contributed by atoms with E-state index < -0.39 is 0 Å². The second-order valence-electron chi connectivity index (χ2n) is 4.26. The highest BCUT2D eigenvalue weighted by Gasteiger charge is 2.08. The third kappa shape index (κ3) is 4.71. The van der Waals surface area contributed by atoms with Gasteiger partial charge in [0.1, 0.15) is 0 Å². The molecule has 0 spiro atoms. The Bertz CT molecular complexity index is 351. The molecule has 1 aromatic rings. The van der Waals surface area contributed by atoms with Crippen LogP contribution in [0.2, 0.25) is 0 Å². The Balaban J connectivity index is 2.58. The third-order valence-electron chi connectivity index (χ3n) is 2.84. The van der Waals surface area contributed by atoms with E-state index in [9.17, 15) is 0 Å². The van der Waals surface area contributed by atoms with E-state index in [1.807, 2.05) is 6.07 Å². The summed E-state index contributed by atoms with van der Waals surface area (Å²) < 4.78 is 1.17. The molecule has 96 valence electrons. The molecule has 0 radical (unpaired) electrons. The predicted molar refractivity (Wildman–Crippen MR) is 84.4 cm³/mol. The Morgan fingerprint density at radius 2 is 2.00 bits per heavy atom. The van der Waals surface area contributed by atoms with Gasteiger partial charge < -0.3 is 16.0 Å². The van der Waals surface area contributed by atoms with E-state index in [1.54, 1.807) is 0 Å². The molecule has 0 aliphatic heterocycles. The van der Waals surface area contributed by atoms with Gasteiger partial charge in [0.05, 0.1) is 11.4 Å². The number of nitrogen functional groups attached to an aromatic ring is 1. The SMILES string of the molecule is CCN(CC)CC(C)Nc1ccc(I)cc1N. The zero-order chi connectivity index (χ0) is 12.8. The van der Waals surface area contributed by atoms with Gasteiger partial charge in [0, 0.05) is 16.2 Å². The number of nitrogens with one attached hydrogen (secondary N) is 1. The first kappa shape index (κ1) is 14.6. The largest absolute Gasteiger partial charge is 0.397 e. The molecule has 0 aliphatic carbocycles. The molecule has 1 rings (SSSR count). The van der Waals surface area contributed by atoms with Gasteiger partial charge in [-0.3, -0.25) is 0 Å². The number of nitrogens with two attached hydrogens (primary N) is 1. The van der Waals surface area contributed by atoms with Crippen molar-refractivity contribution in [2.75, 3.05) is 30.7 Å². The smallest absolute Gasteiger partial charge is 0.0577 e. The van der Waals surface area contributed by atoms with E-state index >= 15 is 0 Å². The molecule has 0 saturated carbocycles. The van der Waals surface area contributed by atoms with Crippen molar-refractivity contribution in [3.05, 3.63) is 21.8 Å². The molecule has 0 fully saturated rings. The first-order chi connectivity index (χ1) is 8.06. The van der Waals surface area contributed by atoms with Crippen molar-refractivity contribution in [2.24, 2.45) is 0 Å². The lowest BCUT2D eigenvalue weighted by molar-refractivity contribution is 0.295.